The van der Waals surface area contributed by atoms with Gasteiger partial charge in [-0.15, -0.1) is 0 Å². The van der Waals surface area contributed by atoms with E-state index in [9.17, 15) is 9.36 Å². The predicted octanol–water partition coefficient (Wildman–Crippen LogP) is 2.80. The van der Waals surface area contributed by atoms with Crippen LogP contribution in [0.1, 0.15) is 26.7 Å². The number of rotatable bonds is 4. The van der Waals surface area contributed by atoms with Crippen molar-refractivity contribution in [1.29, 1.82) is 0 Å². The average molecular weight is 314 g/mol. The van der Waals surface area contributed by atoms with Gasteiger partial charge in [-0.05, 0) is 12.8 Å². The van der Waals surface area contributed by atoms with E-state index < -0.39 is 23.0 Å². The lowest BCUT2D eigenvalue weighted by Gasteiger charge is -2.35. The second kappa shape index (κ2) is 5.42. The van der Waals surface area contributed by atoms with Crippen molar-refractivity contribution in [2.24, 2.45) is 5.41 Å². The summed E-state index contributed by atoms with van der Waals surface area (Å²) in [6, 6.07) is 0. The van der Waals surface area contributed by atoms with Crippen LogP contribution in [0.15, 0.2) is 0 Å². The second-order valence-corrected chi connectivity index (χ2v) is 6.60. The molecule has 0 spiro atoms. The van der Waals surface area contributed by atoms with E-state index in [-0.39, 0.29) is 12.8 Å². The van der Waals surface area contributed by atoms with Crippen molar-refractivity contribution in [2.45, 2.75) is 30.5 Å². The summed E-state index contributed by atoms with van der Waals surface area (Å²) in [6.07, 6.45) is 0.164. The van der Waals surface area contributed by atoms with Crippen LogP contribution in [0.4, 0.5) is 0 Å². The van der Waals surface area contributed by atoms with Gasteiger partial charge in [0.2, 0.25) is 3.79 Å². The van der Waals surface area contributed by atoms with E-state index in [2.05, 4.69) is 4.52 Å². The summed E-state index contributed by atoms with van der Waals surface area (Å²) in [5, 5.41) is 0. The molecule has 0 amide bonds. The SMILES string of the molecule is CCC(CC)(C(=O)OP(=O)(O)O)C(Cl)(Cl)Cl. The molecule has 0 bridgehead atoms. The van der Waals surface area contributed by atoms with Gasteiger partial charge < -0.3 is 4.52 Å². The Morgan fingerprint density at radius 3 is 1.81 bits per heavy atom. The molecule has 0 fully saturated rings. The van der Waals surface area contributed by atoms with Crippen molar-refractivity contribution in [3.8, 4) is 0 Å². The molecule has 0 aromatic heterocycles. The highest BCUT2D eigenvalue weighted by Gasteiger charge is 2.54. The van der Waals surface area contributed by atoms with Crippen LogP contribution < -0.4 is 0 Å². The number of hydrogen-bond donors (Lipinski definition) is 2. The van der Waals surface area contributed by atoms with Crippen molar-refractivity contribution < 1.29 is 23.7 Å². The third-order valence-electron chi connectivity index (χ3n) is 2.34. The molecule has 0 aromatic rings. The maximum atomic E-state index is 11.6. The molecule has 96 valence electrons. The number of alkyl halides is 3. The molecule has 9 heteroatoms. The van der Waals surface area contributed by atoms with Gasteiger partial charge in [0.1, 0.15) is 5.41 Å². The third-order valence-corrected chi connectivity index (χ3v) is 3.83. The van der Waals surface area contributed by atoms with Gasteiger partial charge in [0.25, 0.3) is 0 Å². The van der Waals surface area contributed by atoms with E-state index in [0.717, 1.165) is 0 Å². The molecule has 0 rings (SSSR count). The maximum absolute atomic E-state index is 11.6. The van der Waals surface area contributed by atoms with Crippen LogP contribution in [-0.4, -0.2) is 19.5 Å². The van der Waals surface area contributed by atoms with E-state index in [0.29, 0.717) is 0 Å². The topological polar surface area (TPSA) is 83.8 Å². The van der Waals surface area contributed by atoms with E-state index in [1.165, 1.54) is 0 Å². The number of carbonyl (C=O) groups excluding carboxylic acids is 1. The Balaban J connectivity index is 5.23. The van der Waals surface area contributed by atoms with Crippen LogP contribution in [0.3, 0.4) is 0 Å². The first kappa shape index (κ1) is 16.5. The van der Waals surface area contributed by atoms with Crippen molar-refractivity contribution in [3.05, 3.63) is 0 Å². The molecular weight excluding hydrogens is 301 g/mol. The summed E-state index contributed by atoms with van der Waals surface area (Å²) in [6.45, 7) is 3.12. The zero-order valence-electron chi connectivity index (χ0n) is 8.61. The largest absolute Gasteiger partial charge is 0.527 e. The Labute approximate surface area is 108 Å². The van der Waals surface area contributed by atoms with Gasteiger partial charge in [-0.25, -0.2) is 4.57 Å². The Morgan fingerprint density at radius 2 is 1.62 bits per heavy atom. The van der Waals surface area contributed by atoms with E-state index in [1.807, 2.05) is 0 Å². The molecule has 2 N–H and O–H groups in total. The Morgan fingerprint density at radius 1 is 1.25 bits per heavy atom. The van der Waals surface area contributed by atoms with Crippen molar-refractivity contribution in [1.82, 2.24) is 0 Å². The molecular formula is C7H12Cl3O5P. The Hall–Kier alpha value is 0.490. The highest BCUT2D eigenvalue weighted by molar-refractivity contribution is 7.46. The quantitative estimate of drug-likeness (QED) is 0.616. The maximum Gasteiger partial charge on any atom is 0.527 e. The molecule has 16 heavy (non-hydrogen) atoms. The van der Waals surface area contributed by atoms with Gasteiger partial charge in [0, 0.05) is 0 Å². The minimum absolute atomic E-state index is 0.0822. The summed E-state index contributed by atoms with van der Waals surface area (Å²) in [7, 11) is -4.94. The predicted molar refractivity (Wildman–Crippen MR) is 61.4 cm³/mol. The molecule has 5 nitrogen and oxygen atoms in total. The highest BCUT2D eigenvalue weighted by atomic mass is 35.6. The lowest BCUT2D eigenvalue weighted by molar-refractivity contribution is -0.147. The van der Waals surface area contributed by atoms with Gasteiger partial charge in [-0.3, -0.25) is 14.6 Å². The molecule has 0 aliphatic heterocycles. The molecule has 0 heterocycles. The highest BCUT2D eigenvalue weighted by Crippen LogP contribution is 2.52. The fraction of sp³-hybridized carbons (Fsp3) is 0.857. The first-order valence-electron chi connectivity index (χ1n) is 4.36. The van der Waals surface area contributed by atoms with Gasteiger partial charge in [0.15, 0.2) is 0 Å². The number of phosphoric acid groups is 1. The molecule has 0 saturated carbocycles. The Bertz CT molecular complexity index is 304. The summed E-state index contributed by atoms with van der Waals surface area (Å²) in [5.74, 6) is -1.22. The lowest BCUT2D eigenvalue weighted by atomic mass is 9.84. The van der Waals surface area contributed by atoms with Crippen molar-refractivity contribution in [3.63, 3.8) is 0 Å². The fourth-order valence-electron chi connectivity index (χ4n) is 1.25. The first-order chi connectivity index (χ1) is 7.00. The minimum Gasteiger partial charge on any atom is -0.370 e. The zero-order chi connectivity index (χ0) is 13.2. The molecule has 0 aliphatic rings. The van der Waals surface area contributed by atoms with Crippen LogP contribution in [-0.2, 0) is 13.9 Å². The Kier molecular flexibility index (Phi) is 5.59. The smallest absolute Gasteiger partial charge is 0.370 e. The van der Waals surface area contributed by atoms with Gasteiger partial charge >= 0.3 is 13.8 Å². The minimum atomic E-state index is -4.94. The number of halogens is 3. The van der Waals surface area contributed by atoms with Crippen LogP contribution in [0.2, 0.25) is 0 Å². The second-order valence-electron chi connectivity index (χ2n) is 3.16. The van der Waals surface area contributed by atoms with E-state index in [4.69, 9.17) is 44.6 Å². The molecule has 0 aliphatic carbocycles. The van der Waals surface area contributed by atoms with E-state index in [1.54, 1.807) is 13.8 Å². The van der Waals surface area contributed by atoms with Gasteiger partial charge in [-0.1, -0.05) is 48.7 Å². The van der Waals surface area contributed by atoms with Gasteiger partial charge in [-0.2, -0.15) is 0 Å². The van der Waals surface area contributed by atoms with Crippen LogP contribution in [0.5, 0.6) is 0 Å². The monoisotopic (exact) mass is 312 g/mol. The normalized spacial score (nSPS) is 13.7. The number of phosphoric ester groups is 1. The first-order valence-corrected chi connectivity index (χ1v) is 7.03. The summed E-state index contributed by atoms with van der Waals surface area (Å²) in [4.78, 5) is 28.7. The molecule has 0 atom stereocenters. The third kappa shape index (κ3) is 3.76. The van der Waals surface area contributed by atoms with E-state index >= 15 is 0 Å². The zero-order valence-corrected chi connectivity index (χ0v) is 11.8. The van der Waals surface area contributed by atoms with Crippen molar-refractivity contribution >= 4 is 48.6 Å². The summed E-state index contributed by atoms with van der Waals surface area (Å²) in [5.41, 5.74) is -1.57. The number of hydrogen-bond acceptors (Lipinski definition) is 3. The standard InChI is InChI=1S/C7H12Cl3O5P/c1-3-6(4-2,7(8,9)10)5(11)15-16(12,13)14/h3-4H2,1-2H3,(H2,12,13,14). The van der Waals surface area contributed by atoms with Crippen LogP contribution >= 0.6 is 42.6 Å². The van der Waals surface area contributed by atoms with Crippen LogP contribution in [0.25, 0.3) is 0 Å². The average Bonchev–Trinajstić information content (AvgIpc) is 2.00. The molecule has 0 unspecified atom stereocenters. The molecule has 0 aromatic carbocycles. The summed E-state index contributed by atoms with van der Waals surface area (Å²) < 4.78 is 12.6. The lowest BCUT2D eigenvalue weighted by Crippen LogP contribution is -2.42. The molecule has 0 saturated heterocycles. The van der Waals surface area contributed by atoms with Crippen LogP contribution in [0, 0.1) is 5.41 Å². The fourth-order valence-corrected chi connectivity index (χ4v) is 2.67. The van der Waals surface area contributed by atoms with Crippen molar-refractivity contribution in [2.75, 3.05) is 0 Å². The summed E-state index contributed by atoms with van der Waals surface area (Å²) >= 11 is 17.0. The number of carbonyl (C=O) groups is 1. The molecule has 0 radical (unpaired) electrons. The van der Waals surface area contributed by atoms with Gasteiger partial charge in [0.05, 0.1) is 0 Å².